The van der Waals surface area contributed by atoms with Gasteiger partial charge in [0.2, 0.25) is 0 Å². The molecule has 0 N–H and O–H groups in total. The number of carbonyl (C=O) groups is 2. The van der Waals surface area contributed by atoms with Crippen LogP contribution < -0.4 is 0 Å². The maximum atomic E-state index is 13.6. The van der Waals surface area contributed by atoms with Crippen molar-refractivity contribution in [2.24, 2.45) is 0 Å². The first-order valence-corrected chi connectivity index (χ1v) is 18.4. The van der Waals surface area contributed by atoms with Gasteiger partial charge in [0.05, 0.1) is 10.8 Å². The molecule has 0 aliphatic carbocycles. The Bertz CT molecular complexity index is 1350. The molecule has 0 heterocycles. The molecule has 4 rings (SSSR count). The van der Waals surface area contributed by atoms with E-state index in [2.05, 4.69) is 38.1 Å². The van der Waals surface area contributed by atoms with E-state index in [4.69, 9.17) is 0 Å². The number of Topliss-reactive ketones (excluding diaryl/α,β-unsaturated/α-hetero) is 2. The lowest BCUT2D eigenvalue weighted by atomic mass is 9.73. The van der Waals surface area contributed by atoms with Gasteiger partial charge in [0.15, 0.2) is 0 Å². The molecule has 0 aromatic heterocycles. The van der Waals surface area contributed by atoms with Gasteiger partial charge in [0.1, 0.15) is 23.1 Å². The van der Waals surface area contributed by atoms with Crippen molar-refractivity contribution in [2.45, 2.75) is 88.9 Å². The molecule has 242 valence electrons. The highest BCUT2D eigenvalue weighted by molar-refractivity contribution is 7.91. The summed E-state index contributed by atoms with van der Waals surface area (Å²) in [5.41, 5.74) is 3.18. The summed E-state index contributed by atoms with van der Waals surface area (Å²) in [5.74, 6) is 1.91. The minimum absolute atomic E-state index is 0.249. The van der Waals surface area contributed by atoms with E-state index in [1.54, 1.807) is 0 Å². The van der Waals surface area contributed by atoms with Gasteiger partial charge in [-0.3, -0.25) is 9.59 Å². The SMILES string of the molecule is CC(CCCCC[S+]([O-])CCCCCC(C)(C(=O)Cc1ccccc1)c1ccccc1)(C(=O)Cc1ccccc1)c1ccccc1. The Hall–Kier alpha value is -3.47. The van der Waals surface area contributed by atoms with E-state index >= 15 is 0 Å². The zero-order valence-electron chi connectivity index (χ0n) is 27.7. The van der Waals surface area contributed by atoms with Gasteiger partial charge >= 0.3 is 0 Å². The molecule has 0 saturated heterocycles. The Labute approximate surface area is 280 Å². The number of carbonyl (C=O) groups excluding carboxylic acids is 2. The van der Waals surface area contributed by atoms with Gasteiger partial charge in [-0.15, -0.1) is 0 Å². The number of rotatable bonds is 20. The number of hydrogen-bond donors (Lipinski definition) is 0. The fourth-order valence-corrected chi connectivity index (χ4v) is 7.65. The Morgan fingerprint density at radius 2 is 0.826 bits per heavy atom. The number of unbranched alkanes of at least 4 members (excludes halogenated alkanes) is 4. The smallest absolute Gasteiger partial charge is 0.147 e. The fraction of sp³-hybridized carbons (Fsp3) is 0.381. The number of benzene rings is 4. The van der Waals surface area contributed by atoms with Crippen molar-refractivity contribution in [3.05, 3.63) is 144 Å². The first kappa shape index (κ1) is 35.4. The average molecular weight is 635 g/mol. The third-order valence-electron chi connectivity index (χ3n) is 9.57. The second-order valence-corrected chi connectivity index (χ2v) is 14.7. The van der Waals surface area contributed by atoms with Crippen LogP contribution >= 0.6 is 0 Å². The maximum Gasteiger partial charge on any atom is 0.147 e. The van der Waals surface area contributed by atoms with Crippen LogP contribution in [0.4, 0.5) is 0 Å². The molecule has 4 aromatic carbocycles. The molecule has 0 radical (unpaired) electrons. The normalized spacial score (nSPS) is 14.6. The summed E-state index contributed by atoms with van der Waals surface area (Å²) < 4.78 is 12.8. The summed E-state index contributed by atoms with van der Waals surface area (Å²) in [6.45, 7) is 4.17. The van der Waals surface area contributed by atoms with E-state index in [1.807, 2.05) is 97.1 Å². The molecule has 3 nitrogen and oxygen atoms in total. The highest BCUT2D eigenvalue weighted by Crippen LogP contribution is 2.34. The van der Waals surface area contributed by atoms with Crippen molar-refractivity contribution in [3.8, 4) is 0 Å². The van der Waals surface area contributed by atoms with E-state index < -0.39 is 22.0 Å². The fourth-order valence-electron chi connectivity index (χ4n) is 6.39. The quantitative estimate of drug-likeness (QED) is 0.0719. The van der Waals surface area contributed by atoms with Crippen LogP contribution in [0.2, 0.25) is 0 Å². The van der Waals surface area contributed by atoms with Gasteiger partial charge in [-0.2, -0.15) is 0 Å². The molecular weight excluding hydrogens is 585 g/mol. The molecule has 46 heavy (non-hydrogen) atoms. The van der Waals surface area contributed by atoms with Crippen molar-refractivity contribution in [1.82, 2.24) is 0 Å². The minimum Gasteiger partial charge on any atom is -0.616 e. The van der Waals surface area contributed by atoms with E-state index in [9.17, 15) is 14.1 Å². The predicted octanol–water partition coefficient (Wildman–Crippen LogP) is 9.40. The molecule has 0 aliphatic rings. The van der Waals surface area contributed by atoms with E-state index in [1.165, 1.54) is 0 Å². The molecule has 0 aliphatic heterocycles. The van der Waals surface area contributed by atoms with Crippen molar-refractivity contribution >= 4 is 22.7 Å². The van der Waals surface area contributed by atoms with Gasteiger partial charge in [-0.1, -0.05) is 145 Å². The highest BCUT2D eigenvalue weighted by Gasteiger charge is 2.35. The average Bonchev–Trinajstić information content (AvgIpc) is 3.09. The van der Waals surface area contributed by atoms with Gasteiger partial charge in [-0.25, -0.2) is 0 Å². The lowest BCUT2D eigenvalue weighted by Crippen LogP contribution is -2.34. The van der Waals surface area contributed by atoms with Gasteiger partial charge < -0.3 is 4.55 Å². The summed E-state index contributed by atoms with van der Waals surface area (Å²) in [6, 6.07) is 40.3. The van der Waals surface area contributed by atoms with Crippen LogP contribution in [-0.4, -0.2) is 27.6 Å². The Morgan fingerprint density at radius 3 is 1.17 bits per heavy atom. The molecule has 0 bridgehead atoms. The topological polar surface area (TPSA) is 57.2 Å². The third kappa shape index (κ3) is 10.3. The lowest BCUT2D eigenvalue weighted by Gasteiger charge is -2.29. The summed E-state index contributed by atoms with van der Waals surface area (Å²) >= 11 is -0.846. The van der Waals surface area contributed by atoms with Crippen LogP contribution in [0.5, 0.6) is 0 Å². The maximum absolute atomic E-state index is 13.6. The Kier molecular flexibility index (Phi) is 13.9. The van der Waals surface area contributed by atoms with Crippen LogP contribution in [0.15, 0.2) is 121 Å². The van der Waals surface area contributed by atoms with Crippen LogP contribution in [-0.2, 0) is 44.4 Å². The molecule has 0 amide bonds. The number of ketones is 2. The zero-order chi connectivity index (χ0) is 32.7. The predicted molar refractivity (Wildman–Crippen MR) is 193 cm³/mol. The molecule has 4 heteroatoms. The molecule has 0 fully saturated rings. The first-order valence-electron chi connectivity index (χ1n) is 16.9. The highest BCUT2D eigenvalue weighted by atomic mass is 32.2. The molecule has 0 saturated carbocycles. The van der Waals surface area contributed by atoms with E-state index in [0.29, 0.717) is 24.3 Å². The summed E-state index contributed by atoms with van der Waals surface area (Å²) in [5, 5.41) is 0. The first-order chi connectivity index (χ1) is 22.3. The van der Waals surface area contributed by atoms with Crippen LogP contribution in [0.3, 0.4) is 0 Å². The summed E-state index contributed by atoms with van der Waals surface area (Å²) in [6.07, 6.45) is 8.05. The second kappa shape index (κ2) is 18.0. The zero-order valence-corrected chi connectivity index (χ0v) is 28.5. The van der Waals surface area contributed by atoms with Gasteiger partial charge in [0.25, 0.3) is 0 Å². The van der Waals surface area contributed by atoms with Crippen LogP contribution in [0.1, 0.15) is 87.5 Å². The van der Waals surface area contributed by atoms with Crippen molar-refractivity contribution in [2.75, 3.05) is 11.5 Å². The van der Waals surface area contributed by atoms with Crippen LogP contribution in [0.25, 0.3) is 0 Å². The van der Waals surface area contributed by atoms with E-state index in [-0.39, 0.29) is 11.6 Å². The second-order valence-electron chi connectivity index (χ2n) is 13.0. The minimum atomic E-state index is -0.846. The largest absolute Gasteiger partial charge is 0.616 e. The summed E-state index contributed by atoms with van der Waals surface area (Å²) in [7, 11) is 0. The Morgan fingerprint density at radius 1 is 0.500 bits per heavy atom. The van der Waals surface area contributed by atoms with Crippen molar-refractivity contribution < 1.29 is 14.1 Å². The molecule has 0 spiro atoms. The van der Waals surface area contributed by atoms with E-state index in [0.717, 1.165) is 73.6 Å². The van der Waals surface area contributed by atoms with Gasteiger partial charge in [-0.05, 0) is 74.6 Å². The van der Waals surface area contributed by atoms with Crippen molar-refractivity contribution in [1.29, 1.82) is 0 Å². The van der Waals surface area contributed by atoms with Gasteiger partial charge in [0, 0.05) is 12.8 Å². The number of hydrogen-bond acceptors (Lipinski definition) is 3. The standard InChI is InChI=1S/C42H50O3S/c1-41(37-25-13-5-14-26-37,39(43)33-35-21-9-3-10-22-35)29-17-7-19-31-46(45)32-20-8-18-30-42(2,38-27-15-6-16-28-38)40(44)34-36-23-11-4-12-24-36/h3-6,9-16,21-28H,7-8,17-20,29-34H2,1-2H3. The monoisotopic (exact) mass is 634 g/mol. The lowest BCUT2D eigenvalue weighted by molar-refractivity contribution is -0.124. The van der Waals surface area contributed by atoms with Crippen LogP contribution in [0, 0.1) is 0 Å². The summed E-state index contributed by atoms with van der Waals surface area (Å²) in [4.78, 5) is 27.1. The third-order valence-corrected chi connectivity index (χ3v) is 11.1. The van der Waals surface area contributed by atoms with Crippen molar-refractivity contribution in [3.63, 3.8) is 0 Å². The molecular formula is C42H50O3S. The Balaban J connectivity index is 1.19. The molecule has 2 unspecified atom stereocenters. The molecule has 4 aromatic rings. The molecule has 2 atom stereocenters.